The maximum Gasteiger partial charge on any atom is 0.238 e. The van der Waals surface area contributed by atoms with Gasteiger partial charge in [-0.25, -0.2) is 4.39 Å². The van der Waals surface area contributed by atoms with Crippen molar-refractivity contribution < 1.29 is 33.4 Å². The number of primary amides is 3. The van der Waals surface area contributed by atoms with Crippen molar-refractivity contribution in [2.24, 2.45) is 28.5 Å². The van der Waals surface area contributed by atoms with Crippen molar-refractivity contribution in [1.82, 2.24) is 49.8 Å². The molecular formula is C71H128FN13O6. The predicted molar refractivity (Wildman–Crippen MR) is 369 cm³/mol. The fraction of sp³-hybridized carbons (Fsp3) is 0.789. The molecule has 2 unspecified atom stereocenters. The van der Waals surface area contributed by atoms with Gasteiger partial charge in [0.2, 0.25) is 17.7 Å². The molecule has 91 heavy (non-hydrogen) atoms. The zero-order valence-electron chi connectivity index (χ0n) is 59.0. The van der Waals surface area contributed by atoms with E-state index in [1.54, 1.807) is 14.0 Å². The van der Waals surface area contributed by atoms with Crippen LogP contribution in [0.25, 0.3) is 0 Å². The number of nitrogens with one attached hydrogen (secondary N) is 2. The molecule has 0 aromatic heterocycles. The lowest BCUT2D eigenvalue weighted by atomic mass is 9.78. The van der Waals surface area contributed by atoms with Gasteiger partial charge in [-0.2, -0.15) is 0 Å². The van der Waals surface area contributed by atoms with Crippen molar-refractivity contribution >= 4 is 17.7 Å². The number of halogens is 1. The number of benzene rings is 2. The van der Waals surface area contributed by atoms with Gasteiger partial charge in [0, 0.05) is 111 Å². The highest BCUT2D eigenvalue weighted by Gasteiger charge is 2.49. The van der Waals surface area contributed by atoms with Crippen LogP contribution in [0.4, 0.5) is 4.39 Å². The summed E-state index contributed by atoms with van der Waals surface area (Å²) < 4.78 is 24.5. The first-order valence-electron chi connectivity index (χ1n) is 34.8. The van der Waals surface area contributed by atoms with Gasteiger partial charge in [0.15, 0.2) is 0 Å². The number of nitrogens with zero attached hydrogens (tertiary/aromatic N) is 8. The van der Waals surface area contributed by atoms with E-state index >= 15 is 0 Å². The van der Waals surface area contributed by atoms with Gasteiger partial charge in [-0.05, 0) is 199 Å². The second-order valence-electron chi connectivity index (χ2n) is 29.2. The number of likely N-dealkylation sites (tertiary alicyclic amines) is 6. The second kappa shape index (κ2) is 38.0. The lowest BCUT2D eigenvalue weighted by Gasteiger charge is -2.50. The average Bonchev–Trinajstić information content (AvgIpc) is 2.26. The Morgan fingerprint density at radius 2 is 1.02 bits per heavy atom. The molecule has 520 valence electrons. The van der Waals surface area contributed by atoms with Crippen LogP contribution < -0.4 is 32.6 Å². The Kier molecular flexibility index (Phi) is 32.5. The van der Waals surface area contributed by atoms with Gasteiger partial charge in [-0.15, -0.1) is 0 Å². The third kappa shape index (κ3) is 24.4. The number of aliphatic hydroxyl groups excluding tert-OH is 1. The fourth-order valence-electron chi connectivity index (χ4n) is 14.2. The number of amides is 3. The summed E-state index contributed by atoms with van der Waals surface area (Å²) in [5.41, 5.74) is 19.3. The topological polar surface area (TPSA) is 218 Å². The van der Waals surface area contributed by atoms with Crippen LogP contribution in [0.3, 0.4) is 0 Å². The lowest BCUT2D eigenvalue weighted by Crippen LogP contribution is -2.64. The van der Waals surface area contributed by atoms with Crippen molar-refractivity contribution in [3.63, 3.8) is 0 Å². The van der Waals surface area contributed by atoms with E-state index < -0.39 is 11.2 Å². The van der Waals surface area contributed by atoms with Crippen LogP contribution in [-0.2, 0) is 38.5 Å². The number of likely N-dealkylation sites (N-methyl/N-ethyl adjacent to an activating group) is 3. The molecule has 2 aromatic rings. The Balaban J connectivity index is 0.000000201. The number of piperazine rings is 1. The molecule has 0 bridgehead atoms. The van der Waals surface area contributed by atoms with Crippen molar-refractivity contribution in [2.75, 3.05) is 174 Å². The number of piperidine rings is 6. The number of rotatable bonds is 17. The Labute approximate surface area is 550 Å². The third-order valence-electron chi connectivity index (χ3n) is 21.2. The van der Waals surface area contributed by atoms with Crippen molar-refractivity contribution in [3.8, 4) is 5.75 Å². The molecule has 0 spiro atoms. The largest absolute Gasteiger partial charge is 0.493 e. The quantitative estimate of drug-likeness (QED) is 0.112. The van der Waals surface area contributed by atoms with Gasteiger partial charge in [-0.1, -0.05) is 76.6 Å². The van der Waals surface area contributed by atoms with Crippen molar-refractivity contribution in [2.45, 2.75) is 178 Å². The van der Waals surface area contributed by atoms with Gasteiger partial charge in [0.1, 0.15) is 28.0 Å². The first kappa shape index (κ1) is 77.8. The molecule has 8 aliphatic heterocycles. The normalized spacial score (nSPS) is 23.6. The number of nitrogens with two attached hydrogens (primary N) is 3. The molecule has 10 rings (SSSR count). The van der Waals surface area contributed by atoms with Crippen LogP contribution in [0.2, 0.25) is 0 Å². The van der Waals surface area contributed by atoms with E-state index in [1.165, 1.54) is 62.1 Å². The highest BCUT2D eigenvalue weighted by Crippen LogP contribution is 2.38. The molecule has 8 heterocycles. The molecule has 8 aliphatic rings. The lowest BCUT2D eigenvalue weighted by molar-refractivity contribution is -0.136. The number of hydrogen-bond acceptors (Lipinski definition) is 16. The minimum Gasteiger partial charge on any atom is -0.493 e. The first-order valence-corrected chi connectivity index (χ1v) is 34.8. The van der Waals surface area contributed by atoms with Gasteiger partial charge >= 0.3 is 0 Å². The Morgan fingerprint density at radius 3 is 1.43 bits per heavy atom. The first-order chi connectivity index (χ1) is 43.2. The standard InChI is InChI=1S/C14H27N3O.C14H20N2O.C13H24FN3O.C12H23N3O.C11H17NO.C7H17NO/c1-13(2)4-10-17(11-5-13)14(12(15)18)6-8-16(3)9-7-14;1-15-5-7-16(8-6-15)11-12-2-3-14-13(10-12)4-9-17-14;1-12(14)3-9-17(10-4-12)13(11(15)18)5-7-16(2)8-6-13;1-14-9-5-12(6-10-14,11(13)16)15-7-3-2-4-8-15;1-12-11(9-13-2)8-10-6-4-3-5-7-10;1-6(2)4-7(5-9)8-3/h4-11H2,1-3H3,(H2,15,18);2-3,10H,4-9,11H2,1H3;3-10H2,1-2H3,(H2,15,18);2-10H2,1H3,(H2,13,16);3-7,11-12H,8-9H2,1-2H3;6-9H,4-5H2,1-3H3. The van der Waals surface area contributed by atoms with E-state index in [9.17, 15) is 18.8 Å². The van der Waals surface area contributed by atoms with Gasteiger partial charge in [0.05, 0.1) is 19.8 Å². The molecule has 0 saturated carbocycles. The fourth-order valence-corrected chi connectivity index (χ4v) is 14.2. The monoisotopic (exact) mass is 1280 g/mol. The number of fused-ring (bicyclic) bond motifs is 1. The van der Waals surface area contributed by atoms with E-state index in [0.717, 1.165) is 162 Å². The summed E-state index contributed by atoms with van der Waals surface area (Å²) in [4.78, 5) is 54.3. The van der Waals surface area contributed by atoms with Crippen LogP contribution in [0.15, 0.2) is 48.5 Å². The van der Waals surface area contributed by atoms with Crippen LogP contribution in [0, 0.1) is 11.3 Å². The number of hydrogen-bond donors (Lipinski definition) is 6. The molecule has 9 N–H and O–H groups in total. The zero-order chi connectivity index (χ0) is 66.8. The molecule has 0 aliphatic carbocycles. The summed E-state index contributed by atoms with van der Waals surface area (Å²) in [6.45, 7) is 29.4. The van der Waals surface area contributed by atoms with E-state index in [0.29, 0.717) is 43.3 Å². The number of carbonyl (C=O) groups excluding carboxylic acids is 3. The molecule has 20 heteroatoms. The summed E-state index contributed by atoms with van der Waals surface area (Å²) in [5.74, 6) is 1.29. The summed E-state index contributed by atoms with van der Waals surface area (Å²) in [7, 11) is 14.1. The third-order valence-corrected chi connectivity index (χ3v) is 21.2. The average molecular weight is 1280 g/mol. The van der Waals surface area contributed by atoms with Gasteiger partial charge in [-0.3, -0.25) is 34.0 Å². The molecule has 3 amide bonds. The minimum absolute atomic E-state index is 0.109. The maximum atomic E-state index is 13.8. The maximum absolute atomic E-state index is 13.8. The Hall–Kier alpha value is -3.90. The molecule has 2 atom stereocenters. The number of aliphatic hydroxyl groups is 1. The summed E-state index contributed by atoms with van der Waals surface area (Å²) in [5, 5.41) is 15.0. The van der Waals surface area contributed by atoms with Crippen molar-refractivity contribution in [1.29, 1.82) is 0 Å². The Bertz CT molecular complexity index is 2310. The van der Waals surface area contributed by atoms with E-state index in [2.05, 4.69) is 148 Å². The molecule has 0 radical (unpaired) electrons. The summed E-state index contributed by atoms with van der Waals surface area (Å²) in [6.07, 6.45) is 15.3. The van der Waals surface area contributed by atoms with Gasteiger partial charge in [0.25, 0.3) is 0 Å². The molecule has 19 nitrogen and oxygen atoms in total. The Morgan fingerprint density at radius 1 is 0.582 bits per heavy atom. The highest BCUT2D eigenvalue weighted by molar-refractivity contribution is 5.86. The van der Waals surface area contributed by atoms with Gasteiger partial charge < -0.3 is 62.0 Å². The molecule has 7 saturated heterocycles. The van der Waals surface area contributed by atoms with E-state index in [-0.39, 0.29) is 41.4 Å². The second-order valence-corrected chi connectivity index (χ2v) is 29.2. The number of alkyl halides is 1. The minimum atomic E-state index is -1.08. The number of ether oxygens (including phenoxy) is 2. The van der Waals surface area contributed by atoms with Crippen molar-refractivity contribution in [3.05, 3.63) is 65.2 Å². The van der Waals surface area contributed by atoms with Crippen LogP contribution in [0.1, 0.15) is 141 Å². The smallest absolute Gasteiger partial charge is 0.238 e. The number of methoxy groups -OCH3 is 1. The van der Waals surface area contributed by atoms with E-state index in [1.807, 2.05) is 20.2 Å². The molecule has 7 fully saturated rings. The molecule has 2 aromatic carbocycles. The number of carbonyl (C=O) groups is 3. The van der Waals surface area contributed by atoms with Crippen LogP contribution >= 0.6 is 0 Å². The zero-order valence-corrected chi connectivity index (χ0v) is 59.0. The highest BCUT2D eigenvalue weighted by atomic mass is 19.1. The van der Waals surface area contributed by atoms with Crippen LogP contribution in [0.5, 0.6) is 5.75 Å². The molecular weight excluding hydrogens is 1150 g/mol. The predicted octanol–water partition coefficient (Wildman–Crippen LogP) is 5.69. The van der Waals surface area contributed by atoms with Crippen LogP contribution in [-0.4, -0.2) is 270 Å². The van der Waals surface area contributed by atoms with E-state index in [4.69, 9.17) is 31.8 Å². The summed E-state index contributed by atoms with van der Waals surface area (Å²) in [6, 6.07) is 17.8. The SMILES string of the molecule is CN1CCC(C(N)=O)(N2CCC(C)(C)CC2)CC1.CN1CCC(C(N)=O)(N2CCC(C)(F)CC2)CC1.CN1CCC(C(N)=O)(N2CCCCC2)CC1.CN1CCN(Cc2ccc3c(c2)CCO3)CC1.CNC(CO)CC(C)C.CNC(COC)Cc1ccccc1. The summed E-state index contributed by atoms with van der Waals surface area (Å²) >= 11 is 0.